The van der Waals surface area contributed by atoms with Gasteiger partial charge >= 0.3 is 5.97 Å². The van der Waals surface area contributed by atoms with Crippen molar-refractivity contribution in [1.29, 1.82) is 0 Å². The highest BCUT2D eigenvalue weighted by molar-refractivity contribution is 8.26. The summed E-state index contributed by atoms with van der Waals surface area (Å²) in [6.45, 7) is 0.314. The standard InChI is InChI=1S/C21H19NO4S2/c1-26-16-10-8-14(9-11-16)17-6-3-2-5-15(17)13-18-20(25)22(21(27)28-18)12-4-7-19(23)24/h2-3,5-6,8-11,13H,4,7,12H2,1H3,(H,23,24). The summed E-state index contributed by atoms with van der Waals surface area (Å²) in [4.78, 5) is 25.4. The molecule has 7 heteroatoms. The first-order valence-corrected chi connectivity index (χ1v) is 9.92. The number of methoxy groups -OCH3 is 1. The van der Waals surface area contributed by atoms with E-state index in [-0.39, 0.29) is 12.3 Å². The van der Waals surface area contributed by atoms with Gasteiger partial charge in [-0.2, -0.15) is 0 Å². The minimum Gasteiger partial charge on any atom is -0.497 e. The Balaban J connectivity index is 1.84. The Hall–Kier alpha value is -2.64. The number of aliphatic carboxylic acids is 1. The van der Waals surface area contributed by atoms with E-state index < -0.39 is 5.97 Å². The third kappa shape index (κ3) is 4.61. The molecule has 1 heterocycles. The highest BCUT2D eigenvalue weighted by Crippen LogP contribution is 2.35. The molecule has 1 saturated heterocycles. The fourth-order valence-corrected chi connectivity index (χ4v) is 4.18. The highest BCUT2D eigenvalue weighted by Gasteiger charge is 2.31. The second-order valence-corrected chi connectivity index (χ2v) is 7.82. The second kappa shape index (κ2) is 9.03. The van der Waals surface area contributed by atoms with Crippen LogP contribution in [0.25, 0.3) is 17.2 Å². The van der Waals surface area contributed by atoms with E-state index >= 15 is 0 Å². The summed E-state index contributed by atoms with van der Waals surface area (Å²) in [7, 11) is 1.63. The third-order valence-electron chi connectivity index (χ3n) is 4.29. The predicted octanol–water partition coefficient (Wildman–Crippen LogP) is 4.43. The van der Waals surface area contributed by atoms with Gasteiger partial charge in [0.15, 0.2) is 0 Å². The molecule has 3 rings (SSSR count). The van der Waals surface area contributed by atoms with Gasteiger partial charge in [0.1, 0.15) is 10.1 Å². The number of ether oxygens (including phenoxy) is 1. The van der Waals surface area contributed by atoms with Crippen LogP contribution in [-0.2, 0) is 9.59 Å². The number of carboxylic acids is 1. The highest BCUT2D eigenvalue weighted by atomic mass is 32.2. The number of carbonyl (C=O) groups excluding carboxylic acids is 1. The number of benzene rings is 2. The summed E-state index contributed by atoms with van der Waals surface area (Å²) in [6.07, 6.45) is 2.23. The van der Waals surface area contributed by atoms with Crippen LogP contribution in [0.1, 0.15) is 18.4 Å². The van der Waals surface area contributed by atoms with Gasteiger partial charge in [0.2, 0.25) is 0 Å². The minimum absolute atomic E-state index is 0.0103. The number of thiocarbonyl (C=S) groups is 1. The molecule has 144 valence electrons. The monoisotopic (exact) mass is 413 g/mol. The molecule has 1 aliphatic heterocycles. The van der Waals surface area contributed by atoms with Gasteiger partial charge in [-0.25, -0.2) is 0 Å². The fourth-order valence-electron chi connectivity index (χ4n) is 2.88. The Kier molecular flexibility index (Phi) is 6.49. The maximum Gasteiger partial charge on any atom is 0.303 e. The summed E-state index contributed by atoms with van der Waals surface area (Å²) in [5, 5.41) is 8.78. The van der Waals surface area contributed by atoms with Crippen LogP contribution < -0.4 is 4.74 Å². The number of carbonyl (C=O) groups is 2. The number of thioether (sulfide) groups is 1. The molecule has 0 radical (unpaired) electrons. The first-order chi connectivity index (χ1) is 13.5. The maximum atomic E-state index is 12.7. The number of carboxylic acid groups (broad SMARTS) is 1. The van der Waals surface area contributed by atoms with Crippen molar-refractivity contribution in [1.82, 2.24) is 4.90 Å². The summed E-state index contributed by atoms with van der Waals surface area (Å²) < 4.78 is 5.67. The van der Waals surface area contributed by atoms with Crippen molar-refractivity contribution in [2.45, 2.75) is 12.8 Å². The number of amides is 1. The van der Waals surface area contributed by atoms with Crippen LogP contribution in [0.4, 0.5) is 0 Å². The molecule has 28 heavy (non-hydrogen) atoms. The van der Waals surface area contributed by atoms with Crippen molar-refractivity contribution in [2.24, 2.45) is 0 Å². The van der Waals surface area contributed by atoms with E-state index in [1.165, 1.54) is 16.7 Å². The molecule has 2 aromatic rings. The van der Waals surface area contributed by atoms with Crippen molar-refractivity contribution in [3.63, 3.8) is 0 Å². The Labute approximate surface area is 173 Å². The summed E-state index contributed by atoms with van der Waals surface area (Å²) in [5.74, 6) is -0.275. The van der Waals surface area contributed by atoms with Crippen LogP contribution in [0.15, 0.2) is 53.4 Å². The van der Waals surface area contributed by atoms with Crippen LogP contribution in [0.5, 0.6) is 5.75 Å². The van der Waals surface area contributed by atoms with Crippen molar-refractivity contribution in [3.8, 4) is 16.9 Å². The van der Waals surface area contributed by atoms with E-state index in [2.05, 4.69) is 0 Å². The van der Waals surface area contributed by atoms with Crippen LogP contribution in [-0.4, -0.2) is 39.9 Å². The average Bonchev–Trinajstić information content (AvgIpc) is 2.95. The molecule has 2 aromatic carbocycles. The number of hydrogen-bond donors (Lipinski definition) is 1. The molecule has 1 amide bonds. The fraction of sp³-hybridized carbons (Fsp3) is 0.190. The lowest BCUT2D eigenvalue weighted by Gasteiger charge is -2.13. The molecule has 0 saturated carbocycles. The Bertz CT molecular complexity index is 938. The van der Waals surface area contributed by atoms with Crippen LogP contribution >= 0.6 is 24.0 Å². The van der Waals surface area contributed by atoms with Crippen LogP contribution in [0.2, 0.25) is 0 Å². The molecule has 0 aromatic heterocycles. The molecule has 5 nitrogen and oxygen atoms in total. The van der Waals surface area contributed by atoms with Gasteiger partial charge < -0.3 is 9.84 Å². The molecule has 1 fully saturated rings. The zero-order chi connectivity index (χ0) is 20.1. The van der Waals surface area contributed by atoms with Gasteiger partial charge in [-0.15, -0.1) is 0 Å². The van der Waals surface area contributed by atoms with E-state index in [0.717, 1.165) is 22.4 Å². The summed E-state index contributed by atoms with van der Waals surface area (Å²) in [6, 6.07) is 15.6. The predicted molar refractivity (Wildman–Crippen MR) is 115 cm³/mol. The number of nitrogens with zero attached hydrogens (tertiary/aromatic N) is 1. The van der Waals surface area contributed by atoms with Gasteiger partial charge in [0.05, 0.1) is 12.0 Å². The van der Waals surface area contributed by atoms with Crippen molar-refractivity contribution in [2.75, 3.05) is 13.7 Å². The first-order valence-electron chi connectivity index (χ1n) is 8.70. The number of hydrogen-bond acceptors (Lipinski definition) is 5. The second-order valence-electron chi connectivity index (χ2n) is 6.15. The Morgan fingerprint density at radius 3 is 2.61 bits per heavy atom. The molecular weight excluding hydrogens is 394 g/mol. The maximum absolute atomic E-state index is 12.7. The van der Waals surface area contributed by atoms with Crippen molar-refractivity contribution >= 4 is 46.3 Å². The Morgan fingerprint density at radius 2 is 1.93 bits per heavy atom. The van der Waals surface area contributed by atoms with Crippen molar-refractivity contribution in [3.05, 3.63) is 59.0 Å². The van der Waals surface area contributed by atoms with Gasteiger partial charge in [-0.3, -0.25) is 14.5 Å². The summed E-state index contributed by atoms with van der Waals surface area (Å²) in [5.41, 5.74) is 2.93. The SMILES string of the molecule is COc1ccc(-c2ccccc2C=C2SC(=S)N(CCCC(=O)O)C2=O)cc1. The number of rotatable bonds is 7. The first kappa shape index (κ1) is 20.1. The quantitative estimate of drug-likeness (QED) is 0.535. The van der Waals surface area contributed by atoms with Gasteiger partial charge in [0.25, 0.3) is 5.91 Å². The van der Waals surface area contributed by atoms with E-state index in [4.69, 9.17) is 22.1 Å². The largest absolute Gasteiger partial charge is 0.497 e. The smallest absolute Gasteiger partial charge is 0.303 e. The zero-order valence-electron chi connectivity index (χ0n) is 15.3. The normalized spacial score (nSPS) is 15.3. The zero-order valence-corrected chi connectivity index (χ0v) is 16.9. The molecule has 1 aliphatic rings. The lowest BCUT2D eigenvalue weighted by molar-refractivity contribution is -0.137. The molecule has 0 bridgehead atoms. The summed E-state index contributed by atoms with van der Waals surface area (Å²) >= 11 is 6.56. The van der Waals surface area contributed by atoms with Crippen LogP contribution in [0.3, 0.4) is 0 Å². The van der Waals surface area contributed by atoms with E-state index in [1.54, 1.807) is 7.11 Å². The van der Waals surface area contributed by atoms with Gasteiger partial charge in [0, 0.05) is 13.0 Å². The molecule has 0 unspecified atom stereocenters. The third-order valence-corrected chi connectivity index (χ3v) is 5.67. The topological polar surface area (TPSA) is 66.8 Å². The van der Waals surface area contributed by atoms with E-state index in [0.29, 0.717) is 22.2 Å². The molecular formula is C21H19NO4S2. The van der Waals surface area contributed by atoms with Gasteiger partial charge in [-0.1, -0.05) is 60.4 Å². The average molecular weight is 414 g/mol. The molecule has 1 N–H and O–H groups in total. The van der Waals surface area contributed by atoms with Crippen LogP contribution in [0, 0.1) is 0 Å². The molecule has 0 spiro atoms. The lowest BCUT2D eigenvalue weighted by atomic mass is 9.99. The van der Waals surface area contributed by atoms with Gasteiger partial charge in [-0.05, 0) is 41.3 Å². The van der Waals surface area contributed by atoms with E-state index in [9.17, 15) is 9.59 Å². The van der Waals surface area contributed by atoms with Crippen molar-refractivity contribution < 1.29 is 19.4 Å². The van der Waals surface area contributed by atoms with E-state index in [1.807, 2.05) is 54.6 Å². The lowest BCUT2D eigenvalue weighted by Crippen LogP contribution is -2.29. The Morgan fingerprint density at radius 1 is 1.21 bits per heavy atom. The molecule has 0 aliphatic carbocycles. The minimum atomic E-state index is -0.880. The molecule has 0 atom stereocenters.